The number of hydrogen-bond acceptors (Lipinski definition) is 3. The fourth-order valence-corrected chi connectivity index (χ4v) is 5.33. The van der Waals surface area contributed by atoms with E-state index in [1.54, 1.807) is 17.8 Å². The van der Waals surface area contributed by atoms with Crippen molar-refractivity contribution in [1.82, 2.24) is 9.47 Å². The molecule has 1 fully saturated rings. The molecule has 2 unspecified atom stereocenters. The van der Waals surface area contributed by atoms with Crippen LogP contribution in [0.5, 0.6) is 0 Å². The number of urea groups is 1. The van der Waals surface area contributed by atoms with Crippen LogP contribution in [0, 0.1) is 5.92 Å². The molecule has 6 heteroatoms. The van der Waals surface area contributed by atoms with Crippen molar-refractivity contribution < 1.29 is 4.79 Å². The minimum absolute atomic E-state index is 0.0522. The highest BCUT2D eigenvalue weighted by atomic mass is 32.2. The van der Waals surface area contributed by atoms with Crippen LogP contribution in [0.4, 0.5) is 10.5 Å². The zero-order valence-electron chi connectivity index (χ0n) is 17.5. The summed E-state index contributed by atoms with van der Waals surface area (Å²) in [5.74, 6) is 0.442. The molecule has 5 rings (SSSR count). The van der Waals surface area contributed by atoms with Crippen molar-refractivity contribution in [3.05, 3.63) is 82.8 Å². The highest BCUT2D eigenvalue weighted by Gasteiger charge is 2.37. The number of piperidine rings is 1. The molecule has 2 bridgehead atoms. The molecule has 3 heterocycles. The fourth-order valence-electron chi connectivity index (χ4n) is 4.92. The van der Waals surface area contributed by atoms with Gasteiger partial charge in [0.25, 0.3) is 5.56 Å². The van der Waals surface area contributed by atoms with E-state index in [1.165, 1.54) is 4.90 Å². The molecule has 0 saturated carbocycles. The molecule has 2 aromatic carbocycles. The normalized spacial score (nSPS) is 19.6. The summed E-state index contributed by atoms with van der Waals surface area (Å²) in [6.45, 7) is 1.96. The van der Waals surface area contributed by atoms with Crippen molar-refractivity contribution in [1.29, 1.82) is 0 Å². The standard InChI is InChI=1S/C25H25N3O2S/c1-31-21-9-7-18(8-10-21)22-11-12-23(29)28-15-17-13-19(24(22)28)16-27(14-17)25(30)26-20-5-3-2-4-6-20/h2-12,17,19H,13-16H2,1H3,(H,26,30). The van der Waals surface area contributed by atoms with Gasteiger partial charge in [-0.15, -0.1) is 11.8 Å². The van der Waals surface area contributed by atoms with Crippen molar-refractivity contribution in [3.63, 3.8) is 0 Å². The van der Waals surface area contributed by atoms with Crippen LogP contribution in [0.15, 0.2) is 76.4 Å². The average molecular weight is 432 g/mol. The van der Waals surface area contributed by atoms with E-state index in [9.17, 15) is 9.59 Å². The van der Waals surface area contributed by atoms with Crippen LogP contribution in [0.25, 0.3) is 11.1 Å². The predicted molar refractivity (Wildman–Crippen MR) is 126 cm³/mol. The average Bonchev–Trinajstić information content (AvgIpc) is 2.80. The number of nitrogens with zero attached hydrogens (tertiary/aromatic N) is 2. The van der Waals surface area contributed by atoms with Gasteiger partial charge < -0.3 is 14.8 Å². The summed E-state index contributed by atoms with van der Waals surface area (Å²) >= 11 is 1.72. The third-order valence-electron chi connectivity index (χ3n) is 6.30. The van der Waals surface area contributed by atoms with E-state index >= 15 is 0 Å². The number of hydrogen-bond donors (Lipinski definition) is 1. The van der Waals surface area contributed by atoms with E-state index in [1.807, 2.05) is 45.9 Å². The zero-order chi connectivity index (χ0) is 21.4. The first kappa shape index (κ1) is 19.9. The minimum Gasteiger partial charge on any atom is -0.324 e. The first-order valence-corrected chi connectivity index (χ1v) is 11.8. The Hall–Kier alpha value is -2.99. The lowest BCUT2D eigenvalue weighted by Gasteiger charge is -2.43. The van der Waals surface area contributed by atoms with Crippen LogP contribution in [0.1, 0.15) is 18.0 Å². The molecule has 0 radical (unpaired) electrons. The molecule has 3 aromatic rings. The van der Waals surface area contributed by atoms with Gasteiger partial charge in [0.1, 0.15) is 0 Å². The van der Waals surface area contributed by atoms with Crippen LogP contribution in [-0.4, -0.2) is 34.8 Å². The molecule has 0 aliphatic carbocycles. The number of thioether (sulfide) groups is 1. The van der Waals surface area contributed by atoms with Gasteiger partial charge in [-0.3, -0.25) is 4.79 Å². The summed E-state index contributed by atoms with van der Waals surface area (Å²) < 4.78 is 1.95. The number of amides is 2. The predicted octanol–water partition coefficient (Wildman–Crippen LogP) is 4.89. The number of benzene rings is 2. The molecular formula is C25H25N3O2S. The molecule has 2 aliphatic heterocycles. The number of likely N-dealkylation sites (tertiary alicyclic amines) is 1. The summed E-state index contributed by atoms with van der Waals surface area (Å²) in [7, 11) is 0. The molecule has 31 heavy (non-hydrogen) atoms. The number of para-hydroxylation sites is 1. The second-order valence-corrected chi connectivity index (χ2v) is 9.19. The Bertz CT molecular complexity index is 1160. The highest BCUT2D eigenvalue weighted by molar-refractivity contribution is 7.98. The van der Waals surface area contributed by atoms with Gasteiger partial charge >= 0.3 is 6.03 Å². The Labute approximate surface area is 186 Å². The second kappa shape index (κ2) is 8.27. The van der Waals surface area contributed by atoms with E-state index < -0.39 is 0 Å². The third kappa shape index (κ3) is 3.88. The maximum Gasteiger partial charge on any atom is 0.321 e. The summed E-state index contributed by atoms with van der Waals surface area (Å²) in [6, 6.07) is 21.6. The number of rotatable bonds is 3. The Kier molecular flexibility index (Phi) is 5.32. The van der Waals surface area contributed by atoms with Gasteiger partial charge in [-0.25, -0.2) is 4.79 Å². The molecule has 2 atom stereocenters. The molecule has 2 amide bonds. The van der Waals surface area contributed by atoms with Crippen LogP contribution < -0.4 is 10.9 Å². The Balaban J connectivity index is 1.47. The zero-order valence-corrected chi connectivity index (χ0v) is 18.3. The second-order valence-electron chi connectivity index (χ2n) is 8.31. The van der Waals surface area contributed by atoms with E-state index in [0.29, 0.717) is 25.6 Å². The lowest BCUT2D eigenvalue weighted by molar-refractivity contribution is 0.140. The Morgan fingerprint density at radius 1 is 0.968 bits per heavy atom. The van der Waals surface area contributed by atoms with E-state index in [4.69, 9.17) is 0 Å². The van der Waals surface area contributed by atoms with E-state index in [2.05, 4.69) is 35.8 Å². The lowest BCUT2D eigenvalue weighted by Crippen LogP contribution is -2.50. The van der Waals surface area contributed by atoms with Gasteiger partial charge in [0, 0.05) is 53.5 Å². The number of carbonyl (C=O) groups is 1. The molecular weight excluding hydrogens is 406 g/mol. The van der Waals surface area contributed by atoms with Crippen molar-refractivity contribution in [2.45, 2.75) is 23.8 Å². The Morgan fingerprint density at radius 2 is 1.74 bits per heavy atom. The van der Waals surface area contributed by atoms with Crippen molar-refractivity contribution in [3.8, 4) is 11.1 Å². The molecule has 158 valence electrons. The highest BCUT2D eigenvalue weighted by Crippen LogP contribution is 2.40. The first-order chi connectivity index (χ1) is 15.1. The summed E-state index contributed by atoms with van der Waals surface area (Å²) in [5.41, 5.74) is 4.13. The van der Waals surface area contributed by atoms with Gasteiger partial charge in [-0.2, -0.15) is 0 Å². The van der Waals surface area contributed by atoms with Crippen LogP contribution in [0.3, 0.4) is 0 Å². The first-order valence-electron chi connectivity index (χ1n) is 10.6. The van der Waals surface area contributed by atoms with Crippen molar-refractivity contribution in [2.24, 2.45) is 5.92 Å². The van der Waals surface area contributed by atoms with Gasteiger partial charge in [0.2, 0.25) is 0 Å². The smallest absolute Gasteiger partial charge is 0.321 e. The SMILES string of the molecule is CSc1ccc(-c2ccc(=O)n3c2C2CC(CN(C(=O)Nc4ccccc4)C2)C3)cc1. The number of carbonyl (C=O) groups excluding carboxylic acids is 1. The molecule has 1 saturated heterocycles. The Morgan fingerprint density at radius 3 is 2.48 bits per heavy atom. The molecule has 2 aliphatic rings. The number of pyridine rings is 1. The lowest BCUT2D eigenvalue weighted by atomic mass is 9.80. The quantitative estimate of drug-likeness (QED) is 0.601. The van der Waals surface area contributed by atoms with E-state index in [0.717, 1.165) is 28.9 Å². The van der Waals surface area contributed by atoms with Crippen LogP contribution >= 0.6 is 11.8 Å². The number of nitrogens with one attached hydrogen (secondary N) is 1. The number of fused-ring (bicyclic) bond motifs is 4. The summed E-state index contributed by atoms with van der Waals surface area (Å²) in [4.78, 5) is 28.8. The molecule has 1 N–H and O–H groups in total. The topological polar surface area (TPSA) is 54.3 Å². The van der Waals surface area contributed by atoms with Gasteiger partial charge in [0.05, 0.1) is 0 Å². The molecule has 5 nitrogen and oxygen atoms in total. The van der Waals surface area contributed by atoms with Gasteiger partial charge in [-0.1, -0.05) is 30.3 Å². The monoisotopic (exact) mass is 431 g/mol. The van der Waals surface area contributed by atoms with Gasteiger partial charge in [-0.05, 0) is 54.5 Å². The molecule has 0 spiro atoms. The van der Waals surface area contributed by atoms with Crippen LogP contribution in [-0.2, 0) is 6.54 Å². The maximum atomic E-state index is 12.9. The fraction of sp³-hybridized carbons (Fsp3) is 0.280. The molecule has 1 aromatic heterocycles. The largest absolute Gasteiger partial charge is 0.324 e. The summed E-state index contributed by atoms with van der Waals surface area (Å²) in [6.07, 6.45) is 3.07. The van der Waals surface area contributed by atoms with Crippen molar-refractivity contribution in [2.75, 3.05) is 24.7 Å². The minimum atomic E-state index is -0.0708. The van der Waals surface area contributed by atoms with E-state index in [-0.39, 0.29) is 17.5 Å². The maximum absolute atomic E-state index is 12.9. The summed E-state index contributed by atoms with van der Waals surface area (Å²) in [5, 5.41) is 3.01. The van der Waals surface area contributed by atoms with Crippen molar-refractivity contribution >= 4 is 23.5 Å². The third-order valence-corrected chi connectivity index (χ3v) is 7.05. The van der Waals surface area contributed by atoms with Crippen LogP contribution in [0.2, 0.25) is 0 Å². The number of aromatic nitrogens is 1. The number of anilines is 1. The van der Waals surface area contributed by atoms with Gasteiger partial charge in [0.15, 0.2) is 0 Å².